The Labute approximate surface area is 76.2 Å². The van der Waals surface area contributed by atoms with Crippen LogP contribution in [0.3, 0.4) is 0 Å². The largest absolute Gasteiger partial charge is 0.578 e. The molecule has 0 saturated heterocycles. The van der Waals surface area contributed by atoms with Crippen LogP contribution in [0.4, 0.5) is 0 Å². The van der Waals surface area contributed by atoms with Gasteiger partial charge >= 0.3 is 7.69 Å². The van der Waals surface area contributed by atoms with Crippen LogP contribution in [-0.4, -0.2) is 17.7 Å². The summed E-state index contributed by atoms with van der Waals surface area (Å²) in [6.45, 7) is 0. The van der Waals surface area contributed by atoms with Gasteiger partial charge in [0, 0.05) is 12.4 Å². The normalized spacial score (nSPS) is 9.54. The van der Waals surface area contributed by atoms with E-state index in [1.165, 1.54) is 0 Å². The van der Waals surface area contributed by atoms with E-state index in [1.807, 2.05) is 24.3 Å². The standard InChI is InChI=1S/C8H9BN2O2/c1-3-7(10-5-1)12-9-13-8-4-2-6-11-8/h1-6,9-11H. The SMILES string of the molecule is B(Oc1ccc[nH]1)Oc1ccc[nH]1. The van der Waals surface area contributed by atoms with E-state index >= 15 is 0 Å². The average molecular weight is 176 g/mol. The van der Waals surface area contributed by atoms with Crippen LogP contribution in [0.1, 0.15) is 0 Å². The smallest absolute Gasteiger partial charge is 0.516 e. The van der Waals surface area contributed by atoms with E-state index in [4.69, 9.17) is 9.31 Å². The maximum atomic E-state index is 5.22. The number of nitrogens with one attached hydrogen (secondary N) is 2. The third-order valence-electron chi connectivity index (χ3n) is 1.57. The Bertz CT molecular complexity index is 297. The van der Waals surface area contributed by atoms with Crippen molar-refractivity contribution in [1.82, 2.24) is 9.97 Å². The zero-order valence-electron chi connectivity index (χ0n) is 6.99. The minimum Gasteiger partial charge on any atom is -0.516 e. The Morgan fingerprint density at radius 2 is 1.46 bits per heavy atom. The third-order valence-corrected chi connectivity index (χ3v) is 1.57. The van der Waals surface area contributed by atoms with Crippen molar-refractivity contribution in [2.24, 2.45) is 0 Å². The van der Waals surface area contributed by atoms with Crippen LogP contribution in [0.15, 0.2) is 36.7 Å². The van der Waals surface area contributed by atoms with Crippen LogP contribution in [0, 0.1) is 0 Å². The maximum absolute atomic E-state index is 5.22. The predicted molar refractivity (Wildman–Crippen MR) is 50.0 cm³/mol. The van der Waals surface area contributed by atoms with E-state index in [9.17, 15) is 0 Å². The molecule has 0 aliphatic carbocycles. The van der Waals surface area contributed by atoms with Gasteiger partial charge in [-0.05, 0) is 24.3 Å². The highest BCUT2D eigenvalue weighted by Crippen LogP contribution is 2.06. The van der Waals surface area contributed by atoms with Gasteiger partial charge in [-0.3, -0.25) is 0 Å². The lowest BCUT2D eigenvalue weighted by Crippen LogP contribution is -2.11. The summed E-state index contributed by atoms with van der Waals surface area (Å²) in [6.07, 6.45) is 3.59. The van der Waals surface area contributed by atoms with Gasteiger partial charge in [0.05, 0.1) is 0 Å². The van der Waals surface area contributed by atoms with Gasteiger partial charge in [0.25, 0.3) is 0 Å². The van der Waals surface area contributed by atoms with Crippen molar-refractivity contribution < 1.29 is 9.31 Å². The van der Waals surface area contributed by atoms with Gasteiger partial charge in [0.15, 0.2) is 11.8 Å². The fraction of sp³-hybridized carbons (Fsp3) is 0. The highest BCUT2D eigenvalue weighted by molar-refractivity contribution is 6.20. The van der Waals surface area contributed by atoms with Gasteiger partial charge in [-0.1, -0.05) is 0 Å². The quantitative estimate of drug-likeness (QED) is 0.684. The van der Waals surface area contributed by atoms with Crippen LogP contribution in [-0.2, 0) is 0 Å². The molecule has 0 atom stereocenters. The van der Waals surface area contributed by atoms with Crippen molar-refractivity contribution >= 4 is 7.69 Å². The molecule has 0 bridgehead atoms. The number of aromatic nitrogens is 2. The summed E-state index contributed by atoms with van der Waals surface area (Å²) in [7, 11) is 0.195. The molecule has 0 saturated carbocycles. The van der Waals surface area contributed by atoms with E-state index in [1.54, 1.807) is 12.4 Å². The summed E-state index contributed by atoms with van der Waals surface area (Å²) in [4.78, 5) is 5.81. The van der Waals surface area contributed by atoms with Gasteiger partial charge in [-0.25, -0.2) is 0 Å². The molecule has 5 heteroatoms. The predicted octanol–water partition coefficient (Wildman–Crippen LogP) is 1.07. The van der Waals surface area contributed by atoms with E-state index in [2.05, 4.69) is 9.97 Å². The molecule has 0 fully saturated rings. The zero-order valence-corrected chi connectivity index (χ0v) is 6.99. The van der Waals surface area contributed by atoms with Gasteiger partial charge in [0.1, 0.15) is 0 Å². The lowest BCUT2D eigenvalue weighted by Gasteiger charge is -2.02. The molecule has 2 aromatic heterocycles. The first-order valence-corrected chi connectivity index (χ1v) is 3.97. The summed E-state index contributed by atoms with van der Waals surface area (Å²) >= 11 is 0. The molecule has 2 rings (SSSR count). The van der Waals surface area contributed by atoms with Gasteiger partial charge < -0.3 is 19.3 Å². The van der Waals surface area contributed by atoms with Crippen LogP contribution < -0.4 is 9.31 Å². The van der Waals surface area contributed by atoms with E-state index in [0.717, 1.165) is 0 Å². The topological polar surface area (TPSA) is 50.0 Å². The highest BCUT2D eigenvalue weighted by atomic mass is 16.6. The van der Waals surface area contributed by atoms with Crippen LogP contribution in [0.25, 0.3) is 0 Å². The summed E-state index contributed by atoms with van der Waals surface area (Å²) < 4.78 is 10.4. The molecule has 0 radical (unpaired) electrons. The molecular weight excluding hydrogens is 167 g/mol. The van der Waals surface area contributed by atoms with Crippen molar-refractivity contribution in [3.63, 3.8) is 0 Å². The Morgan fingerprint density at radius 1 is 0.923 bits per heavy atom. The van der Waals surface area contributed by atoms with Crippen molar-refractivity contribution in [2.75, 3.05) is 0 Å². The van der Waals surface area contributed by atoms with E-state index < -0.39 is 0 Å². The summed E-state index contributed by atoms with van der Waals surface area (Å²) in [5.41, 5.74) is 0. The van der Waals surface area contributed by atoms with Gasteiger partial charge in [-0.15, -0.1) is 0 Å². The van der Waals surface area contributed by atoms with E-state index in [0.29, 0.717) is 11.8 Å². The highest BCUT2D eigenvalue weighted by Gasteiger charge is 1.98. The number of hydrogen-bond donors (Lipinski definition) is 2. The molecule has 0 amide bonds. The summed E-state index contributed by atoms with van der Waals surface area (Å²) in [6, 6.07) is 7.39. The minimum atomic E-state index is 0.195. The lowest BCUT2D eigenvalue weighted by atomic mass is 10.4. The maximum Gasteiger partial charge on any atom is 0.578 e. The van der Waals surface area contributed by atoms with Crippen LogP contribution in [0.5, 0.6) is 11.8 Å². The molecule has 0 aliphatic rings. The average Bonchev–Trinajstić information content (AvgIpc) is 2.75. The molecule has 4 nitrogen and oxygen atoms in total. The second-order valence-corrected chi connectivity index (χ2v) is 2.48. The Hall–Kier alpha value is -1.78. The molecule has 66 valence electrons. The van der Waals surface area contributed by atoms with Gasteiger partial charge in [-0.2, -0.15) is 0 Å². The first-order chi connectivity index (χ1) is 6.45. The first kappa shape index (κ1) is 7.85. The minimum absolute atomic E-state index is 0.195. The Morgan fingerprint density at radius 3 is 1.85 bits per heavy atom. The summed E-state index contributed by atoms with van der Waals surface area (Å²) in [5.74, 6) is 1.40. The number of hydrogen-bond acceptors (Lipinski definition) is 2. The molecule has 0 aliphatic heterocycles. The Balaban J connectivity index is 1.76. The van der Waals surface area contributed by atoms with Crippen molar-refractivity contribution in [3.8, 4) is 11.8 Å². The lowest BCUT2D eigenvalue weighted by molar-refractivity contribution is 0.442. The molecule has 2 aromatic rings. The molecular formula is C8H9BN2O2. The number of rotatable bonds is 4. The molecule has 0 unspecified atom stereocenters. The zero-order chi connectivity index (χ0) is 8.93. The van der Waals surface area contributed by atoms with E-state index in [-0.39, 0.29) is 7.69 Å². The molecule has 0 aromatic carbocycles. The fourth-order valence-electron chi connectivity index (χ4n) is 0.964. The first-order valence-electron chi connectivity index (χ1n) is 3.97. The van der Waals surface area contributed by atoms with Crippen LogP contribution in [0.2, 0.25) is 0 Å². The second kappa shape index (κ2) is 3.75. The number of aromatic amines is 2. The second-order valence-electron chi connectivity index (χ2n) is 2.48. The molecule has 13 heavy (non-hydrogen) atoms. The number of H-pyrrole nitrogens is 2. The molecule has 0 spiro atoms. The van der Waals surface area contributed by atoms with Crippen LogP contribution >= 0.6 is 0 Å². The Kier molecular flexibility index (Phi) is 2.27. The summed E-state index contributed by atoms with van der Waals surface area (Å²) in [5, 5.41) is 0. The fourth-order valence-corrected chi connectivity index (χ4v) is 0.964. The third kappa shape index (κ3) is 2.08. The van der Waals surface area contributed by atoms with Crippen molar-refractivity contribution in [1.29, 1.82) is 0 Å². The van der Waals surface area contributed by atoms with Crippen molar-refractivity contribution in [3.05, 3.63) is 36.7 Å². The molecule has 2 N–H and O–H groups in total. The van der Waals surface area contributed by atoms with Crippen molar-refractivity contribution in [2.45, 2.75) is 0 Å². The monoisotopic (exact) mass is 176 g/mol. The van der Waals surface area contributed by atoms with Gasteiger partial charge in [0.2, 0.25) is 0 Å². The molecule has 2 heterocycles.